The Kier molecular flexibility index (Phi) is 7.33. The van der Waals surface area contributed by atoms with E-state index in [1.807, 2.05) is 0 Å². The lowest BCUT2D eigenvalue weighted by molar-refractivity contribution is -0.0250. The second kappa shape index (κ2) is 9.93. The summed E-state index contributed by atoms with van der Waals surface area (Å²) in [4.78, 5) is 4.52. The first kappa shape index (κ1) is 25.1. The molecule has 2 aromatic rings. The lowest BCUT2D eigenvalue weighted by atomic mass is 9.76. The molecule has 0 spiro atoms. The first-order valence-electron chi connectivity index (χ1n) is 13.2. The van der Waals surface area contributed by atoms with Gasteiger partial charge in [-0.05, 0) is 130 Å². The number of nitrogens with zero attached hydrogens (tertiary/aromatic N) is 2. The number of aryl methyl sites for hydroxylation is 4. The van der Waals surface area contributed by atoms with E-state index in [9.17, 15) is 0 Å². The summed E-state index contributed by atoms with van der Waals surface area (Å²) < 4.78 is 6.61. The second-order valence-electron chi connectivity index (χ2n) is 11.4. The third-order valence-electron chi connectivity index (χ3n) is 8.77. The normalized spacial score (nSPS) is 22.6. The molecule has 184 valence electrons. The van der Waals surface area contributed by atoms with E-state index in [4.69, 9.17) is 4.74 Å². The number of fused-ring (bicyclic) bond motifs is 1. The van der Waals surface area contributed by atoms with Gasteiger partial charge in [-0.15, -0.1) is 0 Å². The van der Waals surface area contributed by atoms with E-state index in [1.54, 1.807) is 0 Å². The molecule has 0 unspecified atom stereocenters. The van der Waals surface area contributed by atoms with Crippen LogP contribution in [0, 0.1) is 66.0 Å². The fraction of sp³-hybridized carbons (Fsp3) is 0.581. The van der Waals surface area contributed by atoms with Crippen molar-refractivity contribution in [1.82, 2.24) is 0 Å². The van der Waals surface area contributed by atoms with Crippen molar-refractivity contribution >= 4 is 11.4 Å². The number of hydrogen-bond donors (Lipinski definition) is 0. The molecular formula is C31H44N2O. The van der Waals surface area contributed by atoms with Gasteiger partial charge in [0.05, 0.1) is 17.5 Å². The van der Waals surface area contributed by atoms with Gasteiger partial charge in [0.25, 0.3) is 0 Å². The van der Waals surface area contributed by atoms with Crippen molar-refractivity contribution in [3.63, 3.8) is 0 Å². The van der Waals surface area contributed by atoms with Crippen LogP contribution in [-0.2, 0) is 11.3 Å². The maximum atomic E-state index is 6.61. The maximum Gasteiger partial charge on any atom is 0.211 e. The molecule has 1 aliphatic carbocycles. The van der Waals surface area contributed by atoms with Crippen LogP contribution in [0.25, 0.3) is 0 Å². The van der Waals surface area contributed by atoms with Gasteiger partial charge in [0, 0.05) is 6.54 Å². The van der Waals surface area contributed by atoms with Crippen molar-refractivity contribution in [2.24, 2.45) is 17.8 Å². The van der Waals surface area contributed by atoms with Crippen LogP contribution < -0.4 is 9.80 Å². The fourth-order valence-electron chi connectivity index (χ4n) is 5.70. The van der Waals surface area contributed by atoms with Crippen LogP contribution >= 0.6 is 0 Å². The van der Waals surface area contributed by atoms with Gasteiger partial charge < -0.3 is 14.5 Å². The minimum atomic E-state index is 0.330. The molecule has 2 radical (unpaired) electrons. The van der Waals surface area contributed by atoms with Gasteiger partial charge in [0.2, 0.25) is 6.67 Å². The summed E-state index contributed by atoms with van der Waals surface area (Å²) >= 11 is 0. The van der Waals surface area contributed by atoms with Crippen molar-refractivity contribution in [3.05, 3.63) is 63.8 Å². The molecule has 0 N–H and O–H groups in total. The zero-order valence-corrected chi connectivity index (χ0v) is 22.9. The predicted octanol–water partition coefficient (Wildman–Crippen LogP) is 7.79. The van der Waals surface area contributed by atoms with Gasteiger partial charge in [-0.1, -0.05) is 26.8 Å². The molecular weight excluding hydrogens is 416 g/mol. The summed E-state index contributed by atoms with van der Waals surface area (Å²) in [6, 6.07) is 6.94. The molecule has 3 nitrogen and oxygen atoms in total. The van der Waals surface area contributed by atoms with Crippen molar-refractivity contribution < 1.29 is 4.74 Å². The molecule has 3 atom stereocenters. The minimum absolute atomic E-state index is 0.330. The number of anilines is 2. The van der Waals surface area contributed by atoms with Gasteiger partial charge in [-0.2, -0.15) is 0 Å². The van der Waals surface area contributed by atoms with E-state index in [2.05, 4.69) is 97.0 Å². The Bertz CT molecular complexity index is 1010. The molecule has 2 aromatic carbocycles. The molecule has 1 saturated carbocycles. The van der Waals surface area contributed by atoms with Crippen LogP contribution in [0.15, 0.2) is 18.2 Å². The average molecular weight is 461 g/mol. The van der Waals surface area contributed by atoms with Crippen LogP contribution in [0.1, 0.15) is 79.0 Å². The third-order valence-corrected chi connectivity index (χ3v) is 8.77. The Morgan fingerprint density at radius 3 is 2.03 bits per heavy atom. The van der Waals surface area contributed by atoms with Crippen LogP contribution in [0.2, 0.25) is 0 Å². The topological polar surface area (TPSA) is 15.7 Å². The smallest absolute Gasteiger partial charge is 0.211 e. The second-order valence-corrected chi connectivity index (χ2v) is 11.4. The summed E-state index contributed by atoms with van der Waals surface area (Å²) in [5.41, 5.74) is 12.0. The zero-order chi connectivity index (χ0) is 24.7. The Morgan fingerprint density at radius 1 is 0.853 bits per heavy atom. The molecule has 0 bridgehead atoms. The first-order valence-corrected chi connectivity index (χ1v) is 13.2. The maximum absolute atomic E-state index is 6.61. The van der Waals surface area contributed by atoms with Crippen molar-refractivity contribution in [2.75, 3.05) is 16.5 Å². The molecule has 3 heteroatoms. The van der Waals surface area contributed by atoms with Crippen LogP contribution in [0.5, 0.6) is 0 Å². The van der Waals surface area contributed by atoms with Crippen molar-refractivity contribution in [1.29, 1.82) is 0 Å². The SMILES string of the molecule is Cc1cc2c(cc1C)N(Cc1c(C)c(C)cc(C)c1C)[C]N2CO[C@H]1C[C@H](C(C)C)CC[C@@H]1C. The van der Waals surface area contributed by atoms with Crippen LogP contribution in [0.3, 0.4) is 0 Å². The highest BCUT2D eigenvalue weighted by atomic mass is 16.5. The number of hydrogen-bond acceptors (Lipinski definition) is 3. The fourth-order valence-corrected chi connectivity index (χ4v) is 5.70. The predicted molar refractivity (Wildman–Crippen MR) is 144 cm³/mol. The van der Waals surface area contributed by atoms with E-state index in [0.29, 0.717) is 18.8 Å². The molecule has 34 heavy (non-hydrogen) atoms. The van der Waals surface area contributed by atoms with Crippen molar-refractivity contribution in [2.45, 2.75) is 94.2 Å². The summed E-state index contributed by atoms with van der Waals surface area (Å²) in [6.45, 7) is 25.5. The summed E-state index contributed by atoms with van der Waals surface area (Å²) in [5.74, 6) is 2.13. The Hall–Kier alpha value is -2.00. The van der Waals surface area contributed by atoms with E-state index in [-0.39, 0.29) is 0 Å². The van der Waals surface area contributed by atoms with E-state index in [0.717, 1.165) is 18.4 Å². The molecule has 2 aliphatic rings. The van der Waals surface area contributed by atoms with Crippen LogP contribution in [-0.4, -0.2) is 12.8 Å². The Balaban J connectivity index is 1.57. The third kappa shape index (κ3) is 4.87. The lowest BCUT2D eigenvalue weighted by Gasteiger charge is -2.37. The lowest BCUT2D eigenvalue weighted by Crippen LogP contribution is -2.36. The molecule has 0 aromatic heterocycles. The Morgan fingerprint density at radius 2 is 1.44 bits per heavy atom. The number of rotatable bonds is 6. The van der Waals surface area contributed by atoms with Crippen molar-refractivity contribution in [3.8, 4) is 0 Å². The van der Waals surface area contributed by atoms with Gasteiger partial charge in [-0.3, -0.25) is 0 Å². The van der Waals surface area contributed by atoms with Gasteiger partial charge in [-0.25, -0.2) is 0 Å². The summed E-state index contributed by atoms with van der Waals surface area (Å²) in [7, 11) is 0. The summed E-state index contributed by atoms with van der Waals surface area (Å²) in [6.07, 6.45) is 4.12. The minimum Gasteiger partial charge on any atom is -0.358 e. The van der Waals surface area contributed by atoms with Gasteiger partial charge >= 0.3 is 0 Å². The largest absolute Gasteiger partial charge is 0.358 e. The van der Waals surface area contributed by atoms with Crippen LogP contribution in [0.4, 0.5) is 11.4 Å². The molecule has 4 rings (SSSR count). The van der Waals surface area contributed by atoms with E-state index >= 15 is 0 Å². The zero-order valence-electron chi connectivity index (χ0n) is 22.9. The number of ether oxygens (including phenoxy) is 1. The Labute approximate surface area is 208 Å². The first-order chi connectivity index (χ1) is 16.1. The van der Waals surface area contributed by atoms with Gasteiger partial charge in [0.1, 0.15) is 6.73 Å². The van der Waals surface area contributed by atoms with E-state index in [1.165, 1.54) is 69.6 Å². The van der Waals surface area contributed by atoms with Gasteiger partial charge in [0.15, 0.2) is 0 Å². The molecule has 1 aliphatic heterocycles. The number of benzene rings is 2. The average Bonchev–Trinajstić information content (AvgIpc) is 3.11. The molecule has 1 heterocycles. The highest BCUT2D eigenvalue weighted by Gasteiger charge is 2.33. The molecule has 0 saturated heterocycles. The highest BCUT2D eigenvalue weighted by Crippen LogP contribution is 2.42. The monoisotopic (exact) mass is 460 g/mol. The summed E-state index contributed by atoms with van der Waals surface area (Å²) in [5, 5.41) is 0. The van der Waals surface area contributed by atoms with E-state index < -0.39 is 0 Å². The standard InChI is InChI=1S/C31H44N2O/c1-19(2)27-11-10-20(3)31(15-27)34-18-33-17-32(29-13-21(4)22(5)14-30(29)33)16-28-25(8)23(6)12-24(7)26(28)9/h12-14,19-20,27,31H,10-11,15-16,18H2,1-9H3/t20-,27+,31-/m0/s1. The molecule has 1 fully saturated rings. The quantitative estimate of drug-likeness (QED) is 0.437. The molecule has 0 amide bonds. The highest BCUT2D eigenvalue weighted by molar-refractivity contribution is 5.80.